The molecule has 150 valence electrons. The second kappa shape index (κ2) is 11.2. The van der Waals surface area contributed by atoms with Gasteiger partial charge in [0.05, 0.1) is 5.57 Å². The number of thiophene rings is 1. The third kappa shape index (κ3) is 6.59. The lowest BCUT2D eigenvalue weighted by Crippen LogP contribution is -2.25. The Labute approximate surface area is 175 Å². The van der Waals surface area contributed by atoms with Gasteiger partial charge in [-0.3, -0.25) is 4.79 Å². The van der Waals surface area contributed by atoms with E-state index < -0.39 is 0 Å². The van der Waals surface area contributed by atoms with Crippen LogP contribution in [0.3, 0.4) is 0 Å². The minimum atomic E-state index is -0.0841. The molecule has 0 saturated heterocycles. The third-order valence-electron chi connectivity index (χ3n) is 4.26. The Morgan fingerprint density at radius 2 is 1.93 bits per heavy atom. The molecule has 0 aliphatic heterocycles. The number of ether oxygens (including phenoxy) is 2. The fourth-order valence-corrected chi connectivity index (χ4v) is 3.54. The van der Waals surface area contributed by atoms with Crippen molar-refractivity contribution in [2.24, 2.45) is 0 Å². The first kappa shape index (κ1) is 20.8. The number of methoxy groups -OCH3 is 1. The highest BCUT2D eigenvalue weighted by Gasteiger charge is 2.13. The van der Waals surface area contributed by atoms with E-state index in [2.05, 4.69) is 5.32 Å². The Hall–Kier alpha value is -2.89. The molecule has 2 aromatic carbocycles. The van der Waals surface area contributed by atoms with Crippen LogP contribution >= 0.6 is 11.3 Å². The van der Waals surface area contributed by atoms with Crippen LogP contribution in [0.15, 0.2) is 72.1 Å². The predicted octanol–water partition coefficient (Wildman–Crippen LogP) is 5.02. The lowest BCUT2D eigenvalue weighted by atomic mass is 10.1. The van der Waals surface area contributed by atoms with Crippen molar-refractivity contribution >= 4 is 28.9 Å². The first-order chi connectivity index (χ1) is 14.3. The lowest BCUT2D eigenvalue weighted by Gasteiger charge is -2.09. The van der Waals surface area contributed by atoms with E-state index in [1.165, 1.54) is 0 Å². The van der Waals surface area contributed by atoms with Crippen molar-refractivity contribution in [2.45, 2.75) is 13.0 Å². The molecule has 4 nitrogen and oxygen atoms in total. The summed E-state index contributed by atoms with van der Waals surface area (Å²) in [5.74, 6) is 0.688. The first-order valence-electron chi connectivity index (χ1n) is 9.56. The van der Waals surface area contributed by atoms with Gasteiger partial charge in [0.1, 0.15) is 12.4 Å². The summed E-state index contributed by atoms with van der Waals surface area (Å²) in [4.78, 5) is 13.7. The molecule has 0 radical (unpaired) electrons. The van der Waals surface area contributed by atoms with Crippen LogP contribution in [-0.4, -0.2) is 26.2 Å². The number of rotatable bonds is 10. The standard InChI is InChI=1S/C24H25NO3S/c1-27-14-7-13-25-24(26)22(23-12-6-15-29-23)17-20-10-5-11-21(16-20)28-18-19-8-3-2-4-9-19/h2-6,8-12,15-17H,7,13-14,18H2,1H3,(H,25,26)/b22-17+. The lowest BCUT2D eigenvalue weighted by molar-refractivity contribution is -0.115. The highest BCUT2D eigenvalue weighted by atomic mass is 32.1. The molecule has 0 aliphatic carbocycles. The van der Waals surface area contributed by atoms with Crippen LogP contribution in [0.5, 0.6) is 5.75 Å². The van der Waals surface area contributed by atoms with Gasteiger partial charge in [-0.05, 0) is 47.2 Å². The van der Waals surface area contributed by atoms with Crippen LogP contribution in [0.1, 0.15) is 22.4 Å². The van der Waals surface area contributed by atoms with E-state index in [4.69, 9.17) is 9.47 Å². The Morgan fingerprint density at radius 1 is 1.07 bits per heavy atom. The van der Waals surface area contributed by atoms with E-state index in [0.717, 1.165) is 28.2 Å². The maximum absolute atomic E-state index is 12.8. The molecule has 5 heteroatoms. The van der Waals surface area contributed by atoms with Crippen molar-refractivity contribution in [1.29, 1.82) is 0 Å². The molecule has 0 unspecified atom stereocenters. The van der Waals surface area contributed by atoms with Crippen LogP contribution < -0.4 is 10.1 Å². The van der Waals surface area contributed by atoms with E-state index in [9.17, 15) is 4.79 Å². The third-order valence-corrected chi connectivity index (χ3v) is 5.16. The molecule has 0 fully saturated rings. The highest BCUT2D eigenvalue weighted by molar-refractivity contribution is 7.11. The monoisotopic (exact) mass is 407 g/mol. The molecule has 1 N–H and O–H groups in total. The number of hydrogen-bond acceptors (Lipinski definition) is 4. The number of carbonyl (C=O) groups excluding carboxylic acids is 1. The Balaban J connectivity index is 1.74. The van der Waals surface area contributed by atoms with E-state index in [-0.39, 0.29) is 5.91 Å². The fraction of sp³-hybridized carbons (Fsp3) is 0.208. The molecule has 0 atom stereocenters. The summed E-state index contributed by atoms with van der Waals surface area (Å²) in [6.07, 6.45) is 2.69. The van der Waals surface area contributed by atoms with Gasteiger partial charge in [-0.2, -0.15) is 0 Å². The fourth-order valence-electron chi connectivity index (χ4n) is 2.80. The Morgan fingerprint density at radius 3 is 2.69 bits per heavy atom. The van der Waals surface area contributed by atoms with Crippen molar-refractivity contribution in [2.75, 3.05) is 20.3 Å². The minimum absolute atomic E-state index is 0.0841. The largest absolute Gasteiger partial charge is 0.489 e. The molecule has 0 spiro atoms. The number of hydrogen-bond donors (Lipinski definition) is 1. The highest BCUT2D eigenvalue weighted by Crippen LogP contribution is 2.25. The molecule has 29 heavy (non-hydrogen) atoms. The maximum atomic E-state index is 12.8. The topological polar surface area (TPSA) is 47.6 Å². The molecule has 0 bridgehead atoms. The van der Waals surface area contributed by atoms with Crippen LogP contribution in [0.25, 0.3) is 11.6 Å². The SMILES string of the molecule is COCCCNC(=O)/C(=C/c1cccc(OCc2ccccc2)c1)c1cccs1. The minimum Gasteiger partial charge on any atom is -0.489 e. The summed E-state index contributed by atoms with van der Waals surface area (Å²) in [6.45, 7) is 1.71. The molecular formula is C24H25NO3S. The average Bonchev–Trinajstić information content (AvgIpc) is 3.29. The summed E-state index contributed by atoms with van der Waals surface area (Å²) >= 11 is 1.55. The quantitative estimate of drug-likeness (QED) is 0.379. The number of carbonyl (C=O) groups is 1. The van der Waals surface area contributed by atoms with Crippen LogP contribution in [-0.2, 0) is 16.1 Å². The van der Waals surface area contributed by atoms with Gasteiger partial charge in [0.15, 0.2) is 0 Å². The molecule has 0 aliphatic rings. The van der Waals surface area contributed by atoms with E-state index in [1.807, 2.05) is 78.2 Å². The van der Waals surface area contributed by atoms with Gasteiger partial charge < -0.3 is 14.8 Å². The molecule has 1 heterocycles. The summed E-state index contributed by atoms with van der Waals surface area (Å²) in [6, 6.07) is 21.8. The van der Waals surface area contributed by atoms with Crippen molar-refractivity contribution < 1.29 is 14.3 Å². The molecular weight excluding hydrogens is 382 g/mol. The number of nitrogens with one attached hydrogen (secondary N) is 1. The zero-order chi connectivity index (χ0) is 20.3. The van der Waals surface area contributed by atoms with Gasteiger partial charge in [0.25, 0.3) is 5.91 Å². The average molecular weight is 408 g/mol. The Kier molecular flexibility index (Phi) is 8.04. The summed E-state index contributed by atoms with van der Waals surface area (Å²) in [5, 5.41) is 4.95. The molecule has 1 aromatic heterocycles. The predicted molar refractivity (Wildman–Crippen MR) is 119 cm³/mol. The summed E-state index contributed by atoms with van der Waals surface area (Å²) < 4.78 is 11.0. The molecule has 3 rings (SSSR count). The first-order valence-corrected chi connectivity index (χ1v) is 10.4. The molecule has 3 aromatic rings. The number of amides is 1. The summed E-state index contributed by atoms with van der Waals surface area (Å²) in [5.41, 5.74) is 2.69. The van der Waals surface area contributed by atoms with Crippen molar-refractivity contribution in [3.63, 3.8) is 0 Å². The van der Waals surface area contributed by atoms with Gasteiger partial charge in [-0.15, -0.1) is 11.3 Å². The maximum Gasteiger partial charge on any atom is 0.252 e. The van der Waals surface area contributed by atoms with Gasteiger partial charge in [-0.25, -0.2) is 0 Å². The van der Waals surface area contributed by atoms with Crippen LogP contribution in [0.4, 0.5) is 0 Å². The normalized spacial score (nSPS) is 11.3. The zero-order valence-corrected chi connectivity index (χ0v) is 17.3. The van der Waals surface area contributed by atoms with E-state index in [0.29, 0.717) is 25.3 Å². The van der Waals surface area contributed by atoms with Crippen molar-refractivity contribution in [1.82, 2.24) is 5.32 Å². The Bertz CT molecular complexity index is 920. The number of benzene rings is 2. The van der Waals surface area contributed by atoms with Gasteiger partial charge in [0.2, 0.25) is 0 Å². The molecule has 1 amide bonds. The van der Waals surface area contributed by atoms with Gasteiger partial charge in [-0.1, -0.05) is 48.5 Å². The van der Waals surface area contributed by atoms with Gasteiger partial charge in [0, 0.05) is 25.1 Å². The van der Waals surface area contributed by atoms with Crippen LogP contribution in [0.2, 0.25) is 0 Å². The van der Waals surface area contributed by atoms with Crippen LogP contribution in [0, 0.1) is 0 Å². The van der Waals surface area contributed by atoms with Gasteiger partial charge >= 0.3 is 0 Å². The zero-order valence-electron chi connectivity index (χ0n) is 16.5. The van der Waals surface area contributed by atoms with E-state index >= 15 is 0 Å². The molecule has 0 saturated carbocycles. The summed E-state index contributed by atoms with van der Waals surface area (Å²) in [7, 11) is 1.66. The second-order valence-electron chi connectivity index (χ2n) is 6.48. The second-order valence-corrected chi connectivity index (χ2v) is 7.43. The van der Waals surface area contributed by atoms with Crippen molar-refractivity contribution in [3.8, 4) is 5.75 Å². The van der Waals surface area contributed by atoms with Crippen molar-refractivity contribution in [3.05, 3.63) is 88.1 Å². The van der Waals surface area contributed by atoms with E-state index in [1.54, 1.807) is 18.4 Å². The smallest absolute Gasteiger partial charge is 0.252 e.